The zero-order valence-corrected chi connectivity index (χ0v) is 5.12. The van der Waals surface area contributed by atoms with Gasteiger partial charge in [0.15, 0.2) is 0 Å². The van der Waals surface area contributed by atoms with Crippen LogP contribution < -0.4 is 0 Å². The summed E-state index contributed by atoms with van der Waals surface area (Å²) >= 11 is 0. The molecule has 0 aliphatic heterocycles. The second kappa shape index (κ2) is 3.71. The molecule has 0 heteroatoms. The van der Waals surface area contributed by atoms with Crippen molar-refractivity contribution in [2.45, 2.75) is 0 Å². The number of allylic oxidation sites excluding steroid dienone is 7. The first-order valence-corrected chi connectivity index (χ1v) is 2.91. The van der Waals surface area contributed by atoms with Gasteiger partial charge in [0, 0.05) is 0 Å². The van der Waals surface area contributed by atoms with Gasteiger partial charge >= 0.3 is 0 Å². The predicted molar refractivity (Wildman–Crippen MR) is 40.1 cm³/mol. The maximum Gasteiger partial charge on any atom is -0.0200 e. The molecule has 0 saturated heterocycles. The lowest BCUT2D eigenvalue weighted by molar-refractivity contribution is 1.90. The van der Waals surface area contributed by atoms with E-state index in [2.05, 4.69) is 5.73 Å². The molecule has 0 nitrogen and oxygen atoms in total. The lowest BCUT2D eigenvalue weighted by Gasteiger charge is -1.67. The first-order valence-electron chi connectivity index (χ1n) is 2.91. The second-order valence-electron chi connectivity index (χ2n) is 1.65. The first-order chi connectivity index (χ1) is 4.50. The van der Waals surface area contributed by atoms with Gasteiger partial charge in [-0.05, 0) is 12.2 Å². The molecular formula is C9H8. The first kappa shape index (κ1) is 5.87. The topological polar surface area (TPSA) is 0 Å². The smallest absolute Gasteiger partial charge is 0.0200 e. The van der Waals surface area contributed by atoms with Crippen molar-refractivity contribution >= 4 is 0 Å². The molecule has 1 rings (SSSR count). The minimum atomic E-state index is 1.88. The van der Waals surface area contributed by atoms with Gasteiger partial charge in [0.1, 0.15) is 0 Å². The van der Waals surface area contributed by atoms with E-state index >= 15 is 0 Å². The molecule has 0 N–H and O–H groups in total. The summed E-state index contributed by atoms with van der Waals surface area (Å²) in [6.07, 6.45) is 15.5. The third-order valence-electron chi connectivity index (χ3n) is 0.940. The molecule has 0 aromatic carbocycles. The van der Waals surface area contributed by atoms with E-state index in [1.807, 2.05) is 48.6 Å². The van der Waals surface area contributed by atoms with E-state index in [0.717, 1.165) is 0 Å². The third-order valence-corrected chi connectivity index (χ3v) is 0.940. The van der Waals surface area contributed by atoms with Crippen molar-refractivity contribution in [1.29, 1.82) is 0 Å². The number of rotatable bonds is 0. The van der Waals surface area contributed by atoms with Crippen molar-refractivity contribution < 1.29 is 0 Å². The highest BCUT2D eigenvalue weighted by molar-refractivity contribution is 5.20. The van der Waals surface area contributed by atoms with Gasteiger partial charge in [0.05, 0.1) is 0 Å². The lowest BCUT2D eigenvalue weighted by atomic mass is 10.4. The van der Waals surface area contributed by atoms with Gasteiger partial charge in [-0.3, -0.25) is 0 Å². The molecule has 0 spiro atoms. The molecule has 0 heterocycles. The van der Waals surface area contributed by atoms with E-state index in [-0.39, 0.29) is 0 Å². The summed E-state index contributed by atoms with van der Waals surface area (Å²) in [5.41, 5.74) is 2.96. The highest BCUT2D eigenvalue weighted by Crippen LogP contribution is 1.84. The number of hydrogen-bond donors (Lipinski definition) is 0. The molecule has 0 amide bonds. The Morgan fingerprint density at radius 1 is 0.556 bits per heavy atom. The van der Waals surface area contributed by atoms with Crippen molar-refractivity contribution in [3.05, 3.63) is 54.3 Å². The molecule has 0 aromatic heterocycles. The van der Waals surface area contributed by atoms with E-state index in [4.69, 9.17) is 0 Å². The van der Waals surface area contributed by atoms with Gasteiger partial charge in [0.2, 0.25) is 0 Å². The maximum absolute atomic E-state index is 2.96. The van der Waals surface area contributed by atoms with Crippen molar-refractivity contribution in [3.8, 4) is 0 Å². The standard InChI is InChI=1S/C9H8/c1-2-4-6-8-9-7-5-3-1/h1-8H. The van der Waals surface area contributed by atoms with E-state index in [1.54, 1.807) is 0 Å². The Morgan fingerprint density at radius 2 is 1.00 bits per heavy atom. The summed E-state index contributed by atoms with van der Waals surface area (Å²) < 4.78 is 0. The molecule has 0 radical (unpaired) electrons. The Kier molecular flexibility index (Phi) is 2.42. The fraction of sp³-hybridized carbons (Fsp3) is 0. The van der Waals surface area contributed by atoms with Crippen molar-refractivity contribution in [3.63, 3.8) is 0 Å². The Balaban J connectivity index is 2.81. The fourth-order valence-corrected chi connectivity index (χ4v) is 0.534. The maximum atomic E-state index is 2.96. The average Bonchev–Trinajstić information content (AvgIpc) is 2.00. The fourth-order valence-electron chi connectivity index (χ4n) is 0.534. The summed E-state index contributed by atoms with van der Waals surface area (Å²) in [5, 5.41) is 0. The second-order valence-corrected chi connectivity index (χ2v) is 1.65. The third kappa shape index (κ3) is 2.53. The molecule has 9 heavy (non-hydrogen) atoms. The molecule has 44 valence electrons. The van der Waals surface area contributed by atoms with Crippen LogP contribution in [0, 0.1) is 0 Å². The van der Waals surface area contributed by atoms with Crippen LogP contribution >= 0.6 is 0 Å². The average molecular weight is 116 g/mol. The zero-order chi connectivity index (χ0) is 6.36. The summed E-state index contributed by atoms with van der Waals surface area (Å²) in [6, 6.07) is 0. The van der Waals surface area contributed by atoms with Crippen molar-refractivity contribution in [1.82, 2.24) is 0 Å². The van der Waals surface area contributed by atoms with Crippen LogP contribution in [0.2, 0.25) is 0 Å². The van der Waals surface area contributed by atoms with Crippen LogP contribution in [-0.2, 0) is 0 Å². The monoisotopic (exact) mass is 116 g/mol. The molecule has 0 aromatic rings. The molecule has 1 aliphatic carbocycles. The van der Waals surface area contributed by atoms with Crippen LogP contribution in [-0.4, -0.2) is 0 Å². The Hall–Kier alpha value is -1.26. The minimum Gasteiger partial charge on any atom is -0.121 e. The molecular weight excluding hydrogens is 108 g/mol. The van der Waals surface area contributed by atoms with Gasteiger partial charge in [0.25, 0.3) is 0 Å². The van der Waals surface area contributed by atoms with Crippen molar-refractivity contribution in [2.24, 2.45) is 0 Å². The Bertz CT molecular complexity index is 188. The SMILES string of the molecule is C1=CC=CC=CC=CC=1. The predicted octanol–water partition coefficient (Wildman–Crippen LogP) is 2.38. The van der Waals surface area contributed by atoms with E-state index < -0.39 is 0 Å². The van der Waals surface area contributed by atoms with Gasteiger partial charge < -0.3 is 0 Å². The quantitative estimate of drug-likeness (QED) is 0.426. The van der Waals surface area contributed by atoms with Crippen molar-refractivity contribution in [2.75, 3.05) is 0 Å². The van der Waals surface area contributed by atoms with E-state index in [1.165, 1.54) is 0 Å². The van der Waals surface area contributed by atoms with Gasteiger partial charge in [-0.25, -0.2) is 0 Å². The summed E-state index contributed by atoms with van der Waals surface area (Å²) in [7, 11) is 0. The normalized spacial score (nSPS) is 15.1. The van der Waals surface area contributed by atoms with Gasteiger partial charge in [-0.15, -0.1) is 5.73 Å². The van der Waals surface area contributed by atoms with E-state index in [0.29, 0.717) is 0 Å². The van der Waals surface area contributed by atoms with Crippen LogP contribution in [0.25, 0.3) is 0 Å². The molecule has 1 aliphatic rings. The van der Waals surface area contributed by atoms with E-state index in [9.17, 15) is 0 Å². The lowest BCUT2D eigenvalue weighted by Crippen LogP contribution is -1.46. The molecule has 0 saturated carbocycles. The highest BCUT2D eigenvalue weighted by Gasteiger charge is 1.63. The van der Waals surface area contributed by atoms with Crippen LogP contribution in [0.1, 0.15) is 0 Å². The summed E-state index contributed by atoms with van der Waals surface area (Å²) in [4.78, 5) is 0. The Morgan fingerprint density at radius 3 is 1.56 bits per heavy atom. The van der Waals surface area contributed by atoms with Crippen LogP contribution in [0.4, 0.5) is 0 Å². The molecule has 0 atom stereocenters. The molecule has 0 bridgehead atoms. The minimum absolute atomic E-state index is 1.88. The van der Waals surface area contributed by atoms with Crippen LogP contribution in [0.3, 0.4) is 0 Å². The summed E-state index contributed by atoms with van der Waals surface area (Å²) in [5.74, 6) is 0. The molecule has 0 fully saturated rings. The largest absolute Gasteiger partial charge is 0.121 e. The van der Waals surface area contributed by atoms with Crippen LogP contribution in [0.5, 0.6) is 0 Å². The highest BCUT2D eigenvalue weighted by atomic mass is 13.7. The van der Waals surface area contributed by atoms with Gasteiger partial charge in [-0.2, -0.15) is 0 Å². The molecule has 0 unspecified atom stereocenters. The number of hydrogen-bond acceptors (Lipinski definition) is 0. The summed E-state index contributed by atoms with van der Waals surface area (Å²) in [6.45, 7) is 0. The Labute approximate surface area is 55.2 Å². The van der Waals surface area contributed by atoms with Crippen LogP contribution in [0.15, 0.2) is 54.3 Å². The van der Waals surface area contributed by atoms with Gasteiger partial charge in [-0.1, -0.05) is 36.5 Å². The zero-order valence-electron chi connectivity index (χ0n) is 5.12.